The molecule has 0 atom stereocenters. The van der Waals surface area contributed by atoms with Gasteiger partial charge in [-0.15, -0.1) is 0 Å². The van der Waals surface area contributed by atoms with Crippen molar-refractivity contribution in [2.45, 2.75) is 13.3 Å². The van der Waals surface area contributed by atoms with Crippen molar-refractivity contribution < 1.29 is 9.53 Å². The van der Waals surface area contributed by atoms with Crippen molar-refractivity contribution in [3.05, 3.63) is 65.2 Å². The minimum absolute atomic E-state index is 0.0642. The molecule has 0 spiro atoms. The first-order valence-electron chi connectivity index (χ1n) is 8.02. The quantitative estimate of drug-likeness (QED) is 0.722. The summed E-state index contributed by atoms with van der Waals surface area (Å²) in [4.78, 5) is 19.5. The topological polar surface area (TPSA) is 42.4 Å². The Balaban J connectivity index is 1.79. The highest BCUT2D eigenvalue weighted by molar-refractivity contribution is 6.09. The Morgan fingerprint density at radius 1 is 1.17 bits per heavy atom. The van der Waals surface area contributed by atoms with E-state index in [1.54, 1.807) is 24.1 Å². The molecule has 1 amide bonds. The zero-order chi connectivity index (χ0) is 16.7. The molecule has 0 saturated carbocycles. The second-order valence-electron chi connectivity index (χ2n) is 6.07. The Bertz CT molecular complexity index is 950. The number of hydrogen-bond acceptors (Lipinski definition) is 3. The van der Waals surface area contributed by atoms with Crippen LogP contribution in [0.2, 0.25) is 0 Å². The third-order valence-corrected chi connectivity index (χ3v) is 4.47. The Morgan fingerprint density at radius 3 is 2.83 bits per heavy atom. The summed E-state index contributed by atoms with van der Waals surface area (Å²) >= 11 is 0. The summed E-state index contributed by atoms with van der Waals surface area (Å²) in [6.07, 6.45) is 0.826. The zero-order valence-electron chi connectivity index (χ0n) is 13.7. The van der Waals surface area contributed by atoms with Gasteiger partial charge in [-0.1, -0.05) is 24.3 Å². The molecule has 3 aromatic rings. The highest BCUT2D eigenvalue weighted by Crippen LogP contribution is 2.32. The fraction of sp³-hybridized carbons (Fsp3) is 0.200. The van der Waals surface area contributed by atoms with E-state index in [9.17, 15) is 4.79 Å². The van der Waals surface area contributed by atoms with Gasteiger partial charge in [0.1, 0.15) is 11.6 Å². The van der Waals surface area contributed by atoms with Gasteiger partial charge in [-0.2, -0.15) is 0 Å². The molecule has 24 heavy (non-hydrogen) atoms. The number of rotatable bonds is 2. The standard InChI is InChI=1S/C20H18N2O2/c1-13-7-8-14-12-15-9-10-22(19(15)21-17(14)11-13)20(23)16-5-3-4-6-18(16)24-2/h3-8,11-12H,9-10H2,1-2H3. The third-order valence-electron chi connectivity index (χ3n) is 4.47. The van der Waals surface area contributed by atoms with Crippen LogP contribution in [0.15, 0.2) is 48.5 Å². The summed E-state index contributed by atoms with van der Waals surface area (Å²) in [6, 6.07) is 15.7. The highest BCUT2D eigenvalue weighted by atomic mass is 16.5. The zero-order valence-corrected chi connectivity index (χ0v) is 13.7. The molecule has 1 aliphatic rings. The lowest BCUT2D eigenvalue weighted by molar-refractivity contribution is 0.0986. The van der Waals surface area contributed by atoms with Crippen LogP contribution in [0.1, 0.15) is 21.5 Å². The predicted molar refractivity (Wildman–Crippen MR) is 94.9 cm³/mol. The predicted octanol–water partition coefficient (Wildman–Crippen LogP) is 3.75. The Kier molecular flexibility index (Phi) is 3.45. The number of carbonyl (C=O) groups is 1. The van der Waals surface area contributed by atoms with Crippen LogP contribution >= 0.6 is 0 Å². The number of aromatic nitrogens is 1. The van der Waals surface area contributed by atoms with Crippen molar-refractivity contribution in [3.63, 3.8) is 0 Å². The molecular weight excluding hydrogens is 300 g/mol. The van der Waals surface area contributed by atoms with Crippen LogP contribution in [-0.2, 0) is 6.42 Å². The fourth-order valence-corrected chi connectivity index (χ4v) is 3.23. The molecule has 0 unspecified atom stereocenters. The number of nitrogens with zero attached hydrogens (tertiary/aromatic N) is 2. The lowest BCUT2D eigenvalue weighted by atomic mass is 10.1. The molecule has 0 N–H and O–H groups in total. The molecule has 120 valence electrons. The number of ether oxygens (including phenoxy) is 1. The van der Waals surface area contributed by atoms with E-state index in [0.717, 1.165) is 34.3 Å². The smallest absolute Gasteiger partial charge is 0.263 e. The summed E-state index contributed by atoms with van der Waals surface area (Å²) in [5, 5.41) is 1.12. The van der Waals surface area contributed by atoms with Crippen molar-refractivity contribution in [2.75, 3.05) is 18.6 Å². The lowest BCUT2D eigenvalue weighted by Crippen LogP contribution is -2.29. The number of fused-ring (bicyclic) bond motifs is 2. The summed E-state index contributed by atoms with van der Waals surface area (Å²) in [5.74, 6) is 1.29. The third kappa shape index (κ3) is 2.31. The molecule has 0 fully saturated rings. The van der Waals surface area contributed by atoms with Gasteiger partial charge in [-0.25, -0.2) is 4.98 Å². The van der Waals surface area contributed by atoms with Crippen LogP contribution in [0.4, 0.5) is 5.82 Å². The van der Waals surface area contributed by atoms with E-state index < -0.39 is 0 Å². The molecular formula is C20H18N2O2. The van der Waals surface area contributed by atoms with Crippen LogP contribution < -0.4 is 9.64 Å². The molecule has 0 saturated heterocycles. The summed E-state index contributed by atoms with van der Waals surface area (Å²) in [7, 11) is 1.58. The van der Waals surface area contributed by atoms with Crippen LogP contribution in [0.25, 0.3) is 10.9 Å². The van der Waals surface area contributed by atoms with Crippen LogP contribution in [0, 0.1) is 6.92 Å². The van der Waals surface area contributed by atoms with Crippen LogP contribution in [0.3, 0.4) is 0 Å². The van der Waals surface area contributed by atoms with Gasteiger partial charge in [-0.3, -0.25) is 9.69 Å². The minimum atomic E-state index is -0.0642. The van der Waals surface area contributed by atoms with E-state index in [0.29, 0.717) is 17.9 Å². The van der Waals surface area contributed by atoms with E-state index in [1.165, 1.54) is 0 Å². The molecule has 4 nitrogen and oxygen atoms in total. The number of amides is 1. The van der Waals surface area contributed by atoms with Crippen molar-refractivity contribution >= 4 is 22.6 Å². The van der Waals surface area contributed by atoms with E-state index in [-0.39, 0.29) is 5.91 Å². The summed E-state index contributed by atoms with van der Waals surface area (Å²) in [6.45, 7) is 2.70. The maximum Gasteiger partial charge on any atom is 0.263 e. The molecule has 4 rings (SSSR count). The molecule has 0 aliphatic carbocycles. The van der Waals surface area contributed by atoms with E-state index >= 15 is 0 Å². The molecule has 1 aromatic heterocycles. The van der Waals surface area contributed by atoms with Gasteiger partial charge in [0.15, 0.2) is 0 Å². The molecule has 1 aliphatic heterocycles. The monoisotopic (exact) mass is 318 g/mol. The van der Waals surface area contributed by atoms with Gasteiger partial charge in [0.25, 0.3) is 5.91 Å². The first kappa shape index (κ1) is 14.7. The summed E-state index contributed by atoms with van der Waals surface area (Å²) < 4.78 is 5.33. The molecule has 0 radical (unpaired) electrons. The Morgan fingerprint density at radius 2 is 2.00 bits per heavy atom. The molecule has 4 heteroatoms. The first-order valence-corrected chi connectivity index (χ1v) is 8.02. The average Bonchev–Trinajstić information content (AvgIpc) is 3.01. The highest BCUT2D eigenvalue weighted by Gasteiger charge is 2.29. The minimum Gasteiger partial charge on any atom is -0.496 e. The number of para-hydroxylation sites is 1. The second-order valence-corrected chi connectivity index (χ2v) is 6.07. The van der Waals surface area contributed by atoms with Crippen molar-refractivity contribution in [2.24, 2.45) is 0 Å². The number of pyridine rings is 1. The van der Waals surface area contributed by atoms with E-state index in [1.807, 2.05) is 19.1 Å². The van der Waals surface area contributed by atoms with Gasteiger partial charge in [0, 0.05) is 11.9 Å². The normalized spacial score (nSPS) is 13.2. The molecule has 2 aromatic carbocycles. The van der Waals surface area contributed by atoms with Gasteiger partial charge in [-0.05, 0) is 48.7 Å². The number of methoxy groups -OCH3 is 1. The van der Waals surface area contributed by atoms with Crippen LogP contribution in [0.5, 0.6) is 5.75 Å². The van der Waals surface area contributed by atoms with Gasteiger partial charge in [0.2, 0.25) is 0 Å². The van der Waals surface area contributed by atoms with Crippen LogP contribution in [-0.4, -0.2) is 24.5 Å². The maximum absolute atomic E-state index is 13.0. The van der Waals surface area contributed by atoms with E-state index in [2.05, 4.69) is 24.3 Å². The summed E-state index contributed by atoms with van der Waals surface area (Å²) in [5.41, 5.74) is 3.78. The maximum atomic E-state index is 13.0. The largest absolute Gasteiger partial charge is 0.496 e. The average molecular weight is 318 g/mol. The van der Waals surface area contributed by atoms with Gasteiger partial charge in [0.05, 0.1) is 18.2 Å². The van der Waals surface area contributed by atoms with Crippen molar-refractivity contribution in [3.8, 4) is 5.75 Å². The fourth-order valence-electron chi connectivity index (χ4n) is 3.23. The molecule has 2 heterocycles. The number of anilines is 1. The van der Waals surface area contributed by atoms with Gasteiger partial charge < -0.3 is 4.74 Å². The number of carbonyl (C=O) groups excluding carboxylic acids is 1. The second kappa shape index (κ2) is 5.64. The van der Waals surface area contributed by atoms with E-state index in [4.69, 9.17) is 9.72 Å². The Labute approximate surface area is 140 Å². The van der Waals surface area contributed by atoms with Crippen molar-refractivity contribution in [1.82, 2.24) is 4.98 Å². The molecule has 0 bridgehead atoms. The number of benzene rings is 2. The van der Waals surface area contributed by atoms with Crippen molar-refractivity contribution in [1.29, 1.82) is 0 Å². The first-order chi connectivity index (χ1) is 11.7. The Hall–Kier alpha value is -2.88. The van der Waals surface area contributed by atoms with Gasteiger partial charge >= 0.3 is 0 Å². The lowest BCUT2D eigenvalue weighted by Gasteiger charge is -2.18. The number of aryl methyl sites for hydroxylation is 1. The SMILES string of the molecule is COc1ccccc1C(=O)N1CCc2cc3ccc(C)cc3nc21. The number of hydrogen-bond donors (Lipinski definition) is 0.